The van der Waals surface area contributed by atoms with Crippen LogP contribution in [0.4, 0.5) is 29.1 Å². The minimum atomic E-state index is -2.83. The molecule has 0 spiro atoms. The van der Waals surface area contributed by atoms with Gasteiger partial charge >= 0.3 is 0 Å². The lowest BCUT2D eigenvalue weighted by atomic mass is 10.1. The van der Waals surface area contributed by atoms with E-state index >= 15 is 0 Å². The lowest BCUT2D eigenvalue weighted by molar-refractivity contribution is -0.165. The van der Waals surface area contributed by atoms with Gasteiger partial charge in [-0.2, -0.15) is 5.10 Å². The van der Waals surface area contributed by atoms with Crippen LogP contribution in [0, 0.1) is 11.6 Å². The molecule has 1 fully saturated rings. The summed E-state index contributed by atoms with van der Waals surface area (Å²) in [6, 6.07) is 11.1. The van der Waals surface area contributed by atoms with E-state index in [1.54, 1.807) is 37.3 Å². The smallest absolute Gasteiger partial charge is 0.282 e. The second kappa shape index (κ2) is 13.4. The molecule has 47 heavy (non-hydrogen) atoms. The Morgan fingerprint density at radius 1 is 1.09 bits per heavy atom. The first kappa shape index (κ1) is 32.0. The number of benzene rings is 2. The Morgan fingerprint density at radius 2 is 1.85 bits per heavy atom. The van der Waals surface area contributed by atoms with E-state index in [9.17, 15) is 22.4 Å². The molecule has 1 N–H and O–H groups in total. The molecule has 1 aliphatic rings. The number of pyridine rings is 1. The van der Waals surface area contributed by atoms with E-state index in [0.717, 1.165) is 17.0 Å². The molecule has 15 heteroatoms. The summed E-state index contributed by atoms with van der Waals surface area (Å²) in [7, 11) is 0. The van der Waals surface area contributed by atoms with Crippen LogP contribution in [0.3, 0.4) is 0 Å². The molecule has 5 aromatic rings. The van der Waals surface area contributed by atoms with E-state index < -0.39 is 30.6 Å². The number of carbonyl (C=O) groups is 1. The fourth-order valence-electron chi connectivity index (χ4n) is 5.08. The molecular formula is C32H28ClF4N7O3. The van der Waals surface area contributed by atoms with Crippen LogP contribution in [0.15, 0.2) is 61.1 Å². The second-order valence-electron chi connectivity index (χ2n) is 10.8. The summed E-state index contributed by atoms with van der Waals surface area (Å²) in [4.78, 5) is 26.4. The van der Waals surface area contributed by atoms with Crippen molar-refractivity contribution >= 4 is 39.9 Å². The third-order valence-corrected chi connectivity index (χ3v) is 7.67. The average Bonchev–Trinajstić information content (AvgIpc) is 3.40. The number of para-hydroxylation sites is 1. The van der Waals surface area contributed by atoms with Crippen LogP contribution in [0.5, 0.6) is 11.5 Å². The normalized spacial score (nSPS) is 13.8. The van der Waals surface area contributed by atoms with Gasteiger partial charge in [0.05, 0.1) is 55.3 Å². The molecular weight excluding hydrogens is 642 g/mol. The molecule has 4 heterocycles. The van der Waals surface area contributed by atoms with Gasteiger partial charge in [-0.1, -0.05) is 29.8 Å². The van der Waals surface area contributed by atoms with Gasteiger partial charge < -0.3 is 19.7 Å². The summed E-state index contributed by atoms with van der Waals surface area (Å²) >= 11 is 6.34. The van der Waals surface area contributed by atoms with Crippen molar-refractivity contribution in [2.24, 2.45) is 0 Å². The predicted molar refractivity (Wildman–Crippen MR) is 166 cm³/mol. The first-order valence-electron chi connectivity index (χ1n) is 14.7. The topological polar surface area (TPSA) is 107 Å². The third kappa shape index (κ3) is 7.07. The van der Waals surface area contributed by atoms with Crippen molar-refractivity contribution in [3.05, 3.63) is 83.3 Å². The number of anilines is 2. The molecule has 3 aromatic heterocycles. The minimum absolute atomic E-state index is 0.0347. The van der Waals surface area contributed by atoms with Gasteiger partial charge in [-0.25, -0.2) is 27.5 Å². The number of alkyl halides is 2. The number of likely N-dealkylation sites (tertiary alicyclic amines) is 1. The highest BCUT2D eigenvalue weighted by atomic mass is 35.5. The van der Waals surface area contributed by atoms with Gasteiger partial charge in [-0.05, 0) is 25.5 Å². The SMILES string of the molecule is CCOc1cc(F)c(Cn2nc(-c3ncc(OCCCC(=O)N4CC(F)(F)C4)c(Nc4ccncc4Cl)n3)c3ccccc32)c(F)c1. The number of nitrogens with one attached hydrogen (secondary N) is 1. The van der Waals surface area contributed by atoms with Crippen molar-refractivity contribution in [2.45, 2.75) is 32.2 Å². The Labute approximate surface area is 271 Å². The fourth-order valence-corrected chi connectivity index (χ4v) is 5.25. The number of fused-ring (bicyclic) bond motifs is 1. The summed E-state index contributed by atoms with van der Waals surface area (Å²) in [5, 5.41) is 8.72. The molecule has 1 saturated heterocycles. The van der Waals surface area contributed by atoms with Gasteiger partial charge in [-0.3, -0.25) is 14.5 Å². The largest absolute Gasteiger partial charge is 0.494 e. The molecule has 0 radical (unpaired) electrons. The molecule has 0 aliphatic carbocycles. The van der Waals surface area contributed by atoms with E-state index in [0.29, 0.717) is 27.3 Å². The number of hydrogen-bond donors (Lipinski definition) is 1. The summed E-state index contributed by atoms with van der Waals surface area (Å²) in [6.07, 6.45) is 4.72. The van der Waals surface area contributed by atoms with Crippen LogP contribution in [0.1, 0.15) is 25.3 Å². The number of ether oxygens (including phenoxy) is 2. The van der Waals surface area contributed by atoms with Crippen LogP contribution < -0.4 is 14.8 Å². The van der Waals surface area contributed by atoms with Crippen LogP contribution in [0.2, 0.25) is 5.02 Å². The Kier molecular flexibility index (Phi) is 9.12. The highest BCUT2D eigenvalue weighted by Gasteiger charge is 2.45. The zero-order valence-electron chi connectivity index (χ0n) is 25.0. The van der Waals surface area contributed by atoms with Gasteiger partial charge in [-0.15, -0.1) is 0 Å². The summed E-state index contributed by atoms with van der Waals surface area (Å²) in [5.74, 6) is -4.01. The third-order valence-electron chi connectivity index (χ3n) is 7.37. The van der Waals surface area contributed by atoms with Crippen LogP contribution in [-0.4, -0.2) is 67.8 Å². The van der Waals surface area contributed by atoms with Gasteiger partial charge in [0.15, 0.2) is 17.4 Å². The van der Waals surface area contributed by atoms with E-state index in [4.69, 9.17) is 21.1 Å². The molecule has 0 atom stereocenters. The van der Waals surface area contributed by atoms with Crippen LogP contribution in [0.25, 0.3) is 22.4 Å². The van der Waals surface area contributed by atoms with Crippen molar-refractivity contribution in [1.82, 2.24) is 29.6 Å². The maximum Gasteiger partial charge on any atom is 0.282 e. The highest BCUT2D eigenvalue weighted by Crippen LogP contribution is 2.34. The van der Waals surface area contributed by atoms with Crippen molar-refractivity contribution < 1.29 is 31.8 Å². The van der Waals surface area contributed by atoms with E-state index in [1.807, 2.05) is 0 Å². The number of halogens is 5. The molecule has 1 aliphatic heterocycles. The number of aromatic nitrogens is 5. The first-order valence-corrected chi connectivity index (χ1v) is 15.1. The number of nitrogens with zero attached hydrogens (tertiary/aromatic N) is 6. The minimum Gasteiger partial charge on any atom is -0.494 e. The predicted octanol–water partition coefficient (Wildman–Crippen LogP) is 6.65. The van der Waals surface area contributed by atoms with E-state index in [-0.39, 0.29) is 67.2 Å². The Bertz CT molecular complexity index is 1910. The fraction of sp³-hybridized carbons (Fsp3) is 0.281. The quantitative estimate of drug-likeness (QED) is 0.116. The number of hydrogen-bond acceptors (Lipinski definition) is 8. The highest BCUT2D eigenvalue weighted by molar-refractivity contribution is 6.33. The number of carbonyl (C=O) groups excluding carboxylic acids is 1. The standard InChI is InChI=1S/C32H28ClF4N7O3/c1-2-46-19-12-23(34)21(24(35)13-19)16-44-26-7-4-3-6-20(26)29(42-44)31-39-15-27(30(41-31)40-25-9-10-38-14-22(25)33)47-11-5-8-28(45)43-17-32(36,37)18-43/h3-4,6-7,9-10,12-15H,2,5,8,11,16-18H2,1H3,(H,38,39,40,41). The van der Waals surface area contributed by atoms with Gasteiger partial charge in [0, 0.05) is 41.9 Å². The Balaban J connectivity index is 1.28. The molecule has 0 saturated carbocycles. The lowest BCUT2D eigenvalue weighted by Gasteiger charge is -2.38. The molecule has 0 bridgehead atoms. The van der Waals surface area contributed by atoms with Crippen molar-refractivity contribution in [2.75, 3.05) is 31.6 Å². The number of rotatable bonds is 12. The van der Waals surface area contributed by atoms with Crippen LogP contribution in [-0.2, 0) is 11.3 Å². The van der Waals surface area contributed by atoms with Crippen molar-refractivity contribution in [1.29, 1.82) is 0 Å². The summed E-state index contributed by atoms with van der Waals surface area (Å²) in [6.45, 7) is 0.710. The molecule has 244 valence electrons. The summed E-state index contributed by atoms with van der Waals surface area (Å²) < 4.78 is 68.8. The number of amides is 1. The maximum atomic E-state index is 15.0. The first-order chi connectivity index (χ1) is 22.6. The average molecular weight is 670 g/mol. The lowest BCUT2D eigenvalue weighted by Crippen LogP contribution is -2.58. The van der Waals surface area contributed by atoms with E-state index in [1.165, 1.54) is 23.3 Å². The van der Waals surface area contributed by atoms with Crippen molar-refractivity contribution in [3.63, 3.8) is 0 Å². The second-order valence-corrected chi connectivity index (χ2v) is 11.2. The van der Waals surface area contributed by atoms with Gasteiger partial charge in [0.1, 0.15) is 23.1 Å². The van der Waals surface area contributed by atoms with Gasteiger partial charge in [0.2, 0.25) is 5.91 Å². The molecule has 0 unspecified atom stereocenters. The van der Waals surface area contributed by atoms with E-state index in [2.05, 4.69) is 25.4 Å². The van der Waals surface area contributed by atoms with Gasteiger partial charge in [0.25, 0.3) is 5.92 Å². The zero-order chi connectivity index (χ0) is 33.1. The zero-order valence-corrected chi connectivity index (χ0v) is 25.8. The van der Waals surface area contributed by atoms with Crippen molar-refractivity contribution in [3.8, 4) is 23.0 Å². The summed E-state index contributed by atoms with van der Waals surface area (Å²) in [5.41, 5.74) is 1.23. The molecule has 2 aromatic carbocycles. The monoisotopic (exact) mass is 669 g/mol. The Morgan fingerprint density at radius 3 is 2.57 bits per heavy atom. The molecule has 6 rings (SSSR count). The molecule has 10 nitrogen and oxygen atoms in total. The maximum absolute atomic E-state index is 15.0. The Hall–Kier alpha value is -4.98. The molecule has 1 amide bonds. The van der Waals surface area contributed by atoms with Crippen LogP contribution >= 0.6 is 11.6 Å².